The van der Waals surface area contributed by atoms with Crippen molar-refractivity contribution in [3.05, 3.63) is 24.3 Å². The van der Waals surface area contributed by atoms with Crippen LogP contribution in [0.5, 0.6) is 0 Å². The molecule has 0 bridgehead atoms. The second-order valence-corrected chi connectivity index (χ2v) is 6.18. The van der Waals surface area contributed by atoms with E-state index in [0.29, 0.717) is 0 Å². The summed E-state index contributed by atoms with van der Waals surface area (Å²) in [6, 6.07) is 0. The predicted molar refractivity (Wildman–Crippen MR) is 87.5 cm³/mol. The molecule has 0 radical (unpaired) electrons. The average Bonchev–Trinajstić information content (AvgIpc) is 3.28. The molecule has 7 heteroatoms. The molecule has 0 amide bonds. The van der Waals surface area contributed by atoms with Crippen molar-refractivity contribution in [2.24, 2.45) is 0 Å². The normalized spacial score (nSPS) is 32.8. The molecule has 2 aliphatic heterocycles. The number of epoxide rings is 1. The maximum atomic E-state index is 11.9. The molecule has 0 aromatic rings. The van der Waals surface area contributed by atoms with E-state index in [-0.39, 0.29) is 6.10 Å². The fraction of sp³-hybridized carbons (Fsp3) is 0.611. The SMILES string of the molecule is CC(=O)OC1C=CCCCC(C)OC(=O)C=CC(OC(C)=O)C2OC12. The van der Waals surface area contributed by atoms with E-state index in [2.05, 4.69) is 0 Å². The van der Waals surface area contributed by atoms with Crippen molar-refractivity contribution >= 4 is 17.9 Å². The molecule has 25 heavy (non-hydrogen) atoms. The van der Waals surface area contributed by atoms with Gasteiger partial charge in [-0.1, -0.05) is 6.08 Å². The minimum absolute atomic E-state index is 0.213. The first-order valence-electron chi connectivity index (χ1n) is 8.42. The summed E-state index contributed by atoms with van der Waals surface area (Å²) in [6.07, 6.45) is 6.30. The molecule has 0 N–H and O–H groups in total. The standard InChI is InChI=1S/C18H24O7/c1-11-7-5-4-6-8-14(23-12(2)19)17-18(25-17)15(24-13(3)20)9-10-16(21)22-11/h6,8-11,14-15,17-18H,4-5,7H2,1-3H3. The van der Waals surface area contributed by atoms with Gasteiger partial charge in [0.15, 0.2) is 0 Å². The largest absolute Gasteiger partial charge is 0.460 e. The topological polar surface area (TPSA) is 91.4 Å². The first-order chi connectivity index (χ1) is 11.9. The summed E-state index contributed by atoms with van der Waals surface area (Å²) in [4.78, 5) is 34.5. The lowest BCUT2D eigenvalue weighted by molar-refractivity contribution is -0.146. The number of carbonyl (C=O) groups excluding carboxylic acids is 3. The molecule has 7 nitrogen and oxygen atoms in total. The molecule has 2 heterocycles. The number of hydrogen-bond donors (Lipinski definition) is 0. The van der Waals surface area contributed by atoms with Crippen LogP contribution in [0.3, 0.4) is 0 Å². The van der Waals surface area contributed by atoms with Gasteiger partial charge in [0.2, 0.25) is 0 Å². The van der Waals surface area contributed by atoms with E-state index >= 15 is 0 Å². The average molecular weight is 352 g/mol. The van der Waals surface area contributed by atoms with Gasteiger partial charge < -0.3 is 18.9 Å². The predicted octanol–water partition coefficient (Wildman–Crippen LogP) is 1.85. The number of carbonyl (C=O) groups is 3. The molecular formula is C18H24O7. The van der Waals surface area contributed by atoms with E-state index < -0.39 is 42.3 Å². The zero-order valence-electron chi connectivity index (χ0n) is 14.7. The van der Waals surface area contributed by atoms with Gasteiger partial charge in [-0.25, -0.2) is 4.79 Å². The van der Waals surface area contributed by atoms with Gasteiger partial charge in [-0.3, -0.25) is 9.59 Å². The second-order valence-electron chi connectivity index (χ2n) is 6.18. The molecule has 1 saturated heterocycles. The van der Waals surface area contributed by atoms with Gasteiger partial charge in [0.25, 0.3) is 0 Å². The van der Waals surface area contributed by atoms with Crippen LogP contribution in [0.25, 0.3) is 0 Å². The molecule has 138 valence electrons. The lowest BCUT2D eigenvalue weighted by atomic mass is 10.1. The van der Waals surface area contributed by atoms with Gasteiger partial charge >= 0.3 is 17.9 Å². The highest BCUT2D eigenvalue weighted by atomic mass is 16.7. The Balaban J connectivity index is 2.17. The number of rotatable bonds is 2. The Labute approximate surface area is 146 Å². The molecule has 0 aromatic carbocycles. The van der Waals surface area contributed by atoms with Crippen molar-refractivity contribution < 1.29 is 33.3 Å². The Morgan fingerprint density at radius 3 is 2.28 bits per heavy atom. The molecule has 0 aromatic heterocycles. The minimum atomic E-state index is -0.750. The maximum absolute atomic E-state index is 11.9. The smallest absolute Gasteiger partial charge is 0.330 e. The third kappa shape index (κ3) is 6.34. The van der Waals surface area contributed by atoms with Crippen molar-refractivity contribution in [2.45, 2.75) is 70.6 Å². The monoisotopic (exact) mass is 352 g/mol. The lowest BCUT2D eigenvalue weighted by Crippen LogP contribution is -2.28. The van der Waals surface area contributed by atoms with Gasteiger partial charge in [0.1, 0.15) is 24.4 Å². The highest BCUT2D eigenvalue weighted by molar-refractivity contribution is 5.82. The van der Waals surface area contributed by atoms with E-state index in [0.717, 1.165) is 19.3 Å². The number of fused-ring (bicyclic) bond motifs is 1. The number of esters is 3. The summed E-state index contributed by atoms with van der Waals surface area (Å²) in [5, 5.41) is 0. The van der Waals surface area contributed by atoms with Crippen LogP contribution in [-0.2, 0) is 33.3 Å². The van der Waals surface area contributed by atoms with Crippen molar-refractivity contribution in [1.82, 2.24) is 0 Å². The van der Waals surface area contributed by atoms with Crippen molar-refractivity contribution in [1.29, 1.82) is 0 Å². The summed E-state index contributed by atoms with van der Waals surface area (Å²) in [7, 11) is 0. The van der Waals surface area contributed by atoms with Crippen molar-refractivity contribution in [3.63, 3.8) is 0 Å². The first-order valence-corrected chi connectivity index (χ1v) is 8.42. The Hall–Kier alpha value is -2.15. The van der Waals surface area contributed by atoms with Crippen molar-refractivity contribution in [3.8, 4) is 0 Å². The summed E-state index contributed by atoms with van der Waals surface area (Å²) in [6.45, 7) is 4.44. The van der Waals surface area contributed by atoms with Crippen LogP contribution >= 0.6 is 0 Å². The molecule has 5 unspecified atom stereocenters. The van der Waals surface area contributed by atoms with Crippen LogP contribution in [-0.4, -0.2) is 48.4 Å². The van der Waals surface area contributed by atoms with E-state index in [1.165, 1.54) is 26.0 Å². The second kappa shape index (κ2) is 8.80. The van der Waals surface area contributed by atoms with Gasteiger partial charge in [-0.05, 0) is 38.3 Å². The van der Waals surface area contributed by atoms with Crippen molar-refractivity contribution in [2.75, 3.05) is 0 Å². The van der Waals surface area contributed by atoms with Gasteiger partial charge in [0.05, 0.1) is 6.10 Å². The third-order valence-electron chi connectivity index (χ3n) is 3.86. The number of cyclic esters (lactones) is 1. The van der Waals surface area contributed by atoms with Crippen LogP contribution in [0.1, 0.15) is 40.0 Å². The highest BCUT2D eigenvalue weighted by Crippen LogP contribution is 2.33. The third-order valence-corrected chi connectivity index (χ3v) is 3.86. The quantitative estimate of drug-likeness (QED) is 0.324. The summed E-state index contributed by atoms with van der Waals surface area (Å²) in [5.41, 5.74) is 0. The van der Waals surface area contributed by atoms with Crippen LogP contribution in [0.15, 0.2) is 24.3 Å². The molecule has 2 aliphatic rings. The Kier molecular flexibility index (Phi) is 6.75. The minimum Gasteiger partial charge on any atom is -0.460 e. The van der Waals surface area contributed by atoms with Crippen LogP contribution < -0.4 is 0 Å². The summed E-state index contributed by atoms with van der Waals surface area (Å²) < 4.78 is 21.3. The van der Waals surface area contributed by atoms with Gasteiger partial charge in [-0.15, -0.1) is 0 Å². The number of hydrogen-bond acceptors (Lipinski definition) is 7. The highest BCUT2D eigenvalue weighted by Gasteiger charge is 2.51. The van der Waals surface area contributed by atoms with Crippen LogP contribution in [0.2, 0.25) is 0 Å². The Morgan fingerprint density at radius 2 is 1.68 bits per heavy atom. The number of ether oxygens (including phenoxy) is 4. The Bertz CT molecular complexity index is 566. The molecule has 0 spiro atoms. The fourth-order valence-corrected chi connectivity index (χ4v) is 2.70. The zero-order valence-corrected chi connectivity index (χ0v) is 14.7. The Morgan fingerprint density at radius 1 is 1.08 bits per heavy atom. The number of allylic oxidation sites excluding steroid dienone is 1. The van der Waals surface area contributed by atoms with E-state index in [1.54, 1.807) is 6.08 Å². The van der Waals surface area contributed by atoms with E-state index in [1.807, 2.05) is 13.0 Å². The maximum Gasteiger partial charge on any atom is 0.330 e. The lowest BCUT2D eigenvalue weighted by Gasteiger charge is -2.15. The molecule has 1 fully saturated rings. The fourth-order valence-electron chi connectivity index (χ4n) is 2.70. The zero-order chi connectivity index (χ0) is 18.4. The van der Waals surface area contributed by atoms with E-state index in [4.69, 9.17) is 18.9 Å². The molecule has 5 atom stereocenters. The summed E-state index contributed by atoms with van der Waals surface area (Å²) >= 11 is 0. The molecule has 2 rings (SSSR count). The van der Waals surface area contributed by atoms with E-state index in [9.17, 15) is 14.4 Å². The first kappa shape index (κ1) is 19.2. The van der Waals surface area contributed by atoms with Gasteiger partial charge in [0, 0.05) is 19.9 Å². The molecular weight excluding hydrogens is 328 g/mol. The van der Waals surface area contributed by atoms with Crippen LogP contribution in [0.4, 0.5) is 0 Å². The van der Waals surface area contributed by atoms with Crippen LogP contribution in [0, 0.1) is 0 Å². The summed E-state index contributed by atoms with van der Waals surface area (Å²) in [5.74, 6) is -1.40. The van der Waals surface area contributed by atoms with Gasteiger partial charge in [-0.2, -0.15) is 0 Å². The molecule has 0 aliphatic carbocycles. The molecule has 0 saturated carbocycles.